The monoisotopic (exact) mass is 457 g/mol. The normalized spacial score (nSPS) is 17.5. The molecule has 1 amide bonds. The molecule has 0 unspecified atom stereocenters. The molecule has 0 fully saturated rings. The predicted molar refractivity (Wildman–Crippen MR) is 123 cm³/mol. The van der Waals surface area contributed by atoms with Gasteiger partial charge in [-0.25, -0.2) is 4.68 Å². The number of carbonyl (C=O) groups excluding carboxylic acids is 1. The molecule has 1 aromatic heterocycles. The molecular weight excluding hydrogens is 434 g/mol. The summed E-state index contributed by atoms with van der Waals surface area (Å²) in [5, 5.41) is 12.2. The SMILES string of the molecule is CCCc1nnc2n1N[C@H](c1ccc(OCC)cc1)[C@H](C(=O)Nc1ccccc1Cl)S2. The molecule has 2 heterocycles. The number of hydrogen-bond acceptors (Lipinski definition) is 6. The van der Waals surface area contributed by atoms with E-state index in [1.54, 1.807) is 12.1 Å². The van der Waals surface area contributed by atoms with Gasteiger partial charge in [0.05, 0.1) is 23.4 Å². The summed E-state index contributed by atoms with van der Waals surface area (Å²) in [6, 6.07) is 14.7. The van der Waals surface area contributed by atoms with Gasteiger partial charge in [-0.2, -0.15) is 0 Å². The molecule has 31 heavy (non-hydrogen) atoms. The molecule has 0 saturated carbocycles. The van der Waals surface area contributed by atoms with Gasteiger partial charge in [0, 0.05) is 6.42 Å². The lowest BCUT2D eigenvalue weighted by Crippen LogP contribution is -2.41. The third kappa shape index (κ3) is 4.65. The average molecular weight is 458 g/mol. The molecule has 3 aromatic rings. The summed E-state index contributed by atoms with van der Waals surface area (Å²) < 4.78 is 7.46. The molecule has 2 atom stereocenters. The third-order valence-electron chi connectivity index (χ3n) is 4.92. The Morgan fingerprint density at radius 2 is 1.97 bits per heavy atom. The Kier molecular flexibility index (Phi) is 6.67. The lowest BCUT2D eigenvalue weighted by Gasteiger charge is -2.33. The zero-order chi connectivity index (χ0) is 21.8. The molecule has 7 nitrogen and oxygen atoms in total. The summed E-state index contributed by atoms with van der Waals surface area (Å²) in [5.41, 5.74) is 5.02. The minimum Gasteiger partial charge on any atom is -0.494 e. The number of aryl methyl sites for hydroxylation is 1. The van der Waals surface area contributed by atoms with Crippen molar-refractivity contribution in [3.05, 3.63) is 64.9 Å². The van der Waals surface area contributed by atoms with Gasteiger partial charge in [-0.3, -0.25) is 4.79 Å². The first kappa shape index (κ1) is 21.5. The molecule has 0 saturated heterocycles. The first-order chi connectivity index (χ1) is 15.1. The third-order valence-corrected chi connectivity index (χ3v) is 6.46. The van der Waals surface area contributed by atoms with Crippen LogP contribution in [0.1, 0.15) is 37.7 Å². The second-order valence-corrected chi connectivity index (χ2v) is 8.62. The number of ether oxygens (including phenoxy) is 1. The van der Waals surface area contributed by atoms with Crippen LogP contribution in [-0.2, 0) is 11.2 Å². The quantitative estimate of drug-likeness (QED) is 0.536. The minimum atomic E-state index is -0.472. The van der Waals surface area contributed by atoms with E-state index in [0.29, 0.717) is 22.5 Å². The van der Waals surface area contributed by atoms with Gasteiger partial charge in [0.1, 0.15) is 11.0 Å². The van der Waals surface area contributed by atoms with Crippen LogP contribution >= 0.6 is 23.4 Å². The highest BCUT2D eigenvalue weighted by Crippen LogP contribution is 2.38. The van der Waals surface area contributed by atoms with Crippen LogP contribution in [0.15, 0.2) is 53.7 Å². The molecule has 162 valence electrons. The minimum absolute atomic E-state index is 0.157. The highest BCUT2D eigenvalue weighted by atomic mass is 35.5. The fourth-order valence-electron chi connectivity index (χ4n) is 3.44. The fraction of sp³-hybridized carbons (Fsp3) is 0.318. The van der Waals surface area contributed by atoms with Crippen molar-refractivity contribution in [1.29, 1.82) is 0 Å². The van der Waals surface area contributed by atoms with Gasteiger partial charge in [-0.05, 0) is 43.2 Å². The molecule has 4 rings (SSSR count). The van der Waals surface area contributed by atoms with Crippen molar-refractivity contribution in [3.63, 3.8) is 0 Å². The van der Waals surface area contributed by atoms with Crippen LogP contribution in [0.5, 0.6) is 5.75 Å². The first-order valence-electron chi connectivity index (χ1n) is 10.3. The Hall–Kier alpha value is -2.71. The summed E-state index contributed by atoms with van der Waals surface area (Å²) in [6.07, 6.45) is 1.75. The van der Waals surface area contributed by atoms with Crippen LogP contribution < -0.4 is 15.5 Å². The maximum Gasteiger partial charge on any atom is 0.240 e. The number of nitrogens with zero attached hydrogens (tertiary/aromatic N) is 3. The van der Waals surface area contributed by atoms with Gasteiger partial charge in [-0.1, -0.05) is 54.6 Å². The Morgan fingerprint density at radius 3 is 2.68 bits per heavy atom. The summed E-state index contributed by atoms with van der Waals surface area (Å²) in [6.45, 7) is 4.65. The number of thioether (sulfide) groups is 1. The van der Waals surface area contributed by atoms with E-state index in [1.807, 2.05) is 48.0 Å². The molecule has 9 heteroatoms. The summed E-state index contributed by atoms with van der Waals surface area (Å²) >= 11 is 7.64. The Labute approximate surface area is 190 Å². The van der Waals surface area contributed by atoms with Gasteiger partial charge < -0.3 is 15.5 Å². The second kappa shape index (κ2) is 9.62. The summed E-state index contributed by atoms with van der Waals surface area (Å²) in [4.78, 5) is 13.3. The number of amides is 1. The van der Waals surface area contributed by atoms with Crippen LogP contribution in [0.4, 0.5) is 5.69 Å². The number of benzene rings is 2. The van der Waals surface area contributed by atoms with Crippen molar-refractivity contribution < 1.29 is 9.53 Å². The first-order valence-corrected chi connectivity index (χ1v) is 11.5. The van der Waals surface area contributed by atoms with Crippen molar-refractivity contribution in [3.8, 4) is 5.75 Å². The van der Waals surface area contributed by atoms with Crippen molar-refractivity contribution in [2.75, 3.05) is 17.3 Å². The molecule has 0 radical (unpaired) electrons. The van der Waals surface area contributed by atoms with Gasteiger partial charge in [0.15, 0.2) is 5.82 Å². The molecule has 2 aromatic carbocycles. The number of fused-ring (bicyclic) bond motifs is 1. The van der Waals surface area contributed by atoms with Crippen molar-refractivity contribution >= 4 is 35.0 Å². The standard InChI is InChI=1S/C22H24ClN5O2S/c1-3-7-18-25-26-22-28(18)27-19(14-10-12-15(13-11-14)30-4-2)20(31-22)21(29)24-17-9-6-5-8-16(17)23/h5-6,8-13,19-20,27H,3-4,7H2,1-2H3,(H,24,29)/t19-,20-/m1/s1. The van der Waals surface area contributed by atoms with Crippen LogP contribution in [0.2, 0.25) is 5.02 Å². The smallest absolute Gasteiger partial charge is 0.240 e. The van der Waals surface area contributed by atoms with Crippen LogP contribution in [0.25, 0.3) is 0 Å². The van der Waals surface area contributed by atoms with Crippen molar-refractivity contribution in [1.82, 2.24) is 14.9 Å². The Balaban J connectivity index is 1.66. The molecule has 0 spiro atoms. The number of nitrogens with one attached hydrogen (secondary N) is 2. The Morgan fingerprint density at radius 1 is 1.19 bits per heavy atom. The van der Waals surface area contributed by atoms with E-state index in [2.05, 4.69) is 27.9 Å². The van der Waals surface area contributed by atoms with E-state index in [1.165, 1.54) is 11.8 Å². The van der Waals surface area contributed by atoms with Crippen molar-refractivity contribution in [2.24, 2.45) is 0 Å². The average Bonchev–Trinajstić information content (AvgIpc) is 3.17. The molecule has 1 aliphatic heterocycles. The van der Waals surface area contributed by atoms with Crippen LogP contribution in [0, 0.1) is 0 Å². The number of hydrogen-bond donors (Lipinski definition) is 2. The molecule has 1 aliphatic rings. The fourth-order valence-corrected chi connectivity index (χ4v) is 4.72. The van der Waals surface area contributed by atoms with E-state index in [-0.39, 0.29) is 11.9 Å². The van der Waals surface area contributed by atoms with E-state index >= 15 is 0 Å². The van der Waals surface area contributed by atoms with Crippen molar-refractivity contribution in [2.45, 2.75) is 43.1 Å². The summed E-state index contributed by atoms with van der Waals surface area (Å²) in [7, 11) is 0. The van der Waals surface area contributed by atoms with Gasteiger partial charge in [0.2, 0.25) is 11.1 Å². The Bertz CT molecular complexity index is 1060. The van der Waals surface area contributed by atoms with Gasteiger partial charge in [0.25, 0.3) is 0 Å². The number of halogens is 1. The zero-order valence-electron chi connectivity index (χ0n) is 17.3. The highest BCUT2D eigenvalue weighted by molar-refractivity contribution is 8.00. The number of para-hydroxylation sites is 1. The number of rotatable bonds is 7. The molecular formula is C22H24ClN5O2S. The van der Waals surface area contributed by atoms with E-state index in [9.17, 15) is 4.79 Å². The largest absolute Gasteiger partial charge is 0.494 e. The van der Waals surface area contributed by atoms with E-state index < -0.39 is 5.25 Å². The molecule has 2 N–H and O–H groups in total. The van der Waals surface area contributed by atoms with E-state index in [4.69, 9.17) is 16.3 Å². The second-order valence-electron chi connectivity index (χ2n) is 7.10. The number of carbonyl (C=O) groups is 1. The zero-order valence-corrected chi connectivity index (χ0v) is 18.9. The highest BCUT2D eigenvalue weighted by Gasteiger charge is 2.38. The van der Waals surface area contributed by atoms with Gasteiger partial charge >= 0.3 is 0 Å². The van der Waals surface area contributed by atoms with Gasteiger partial charge in [-0.15, -0.1) is 10.2 Å². The predicted octanol–water partition coefficient (Wildman–Crippen LogP) is 4.68. The topological polar surface area (TPSA) is 81.1 Å². The summed E-state index contributed by atoms with van der Waals surface area (Å²) in [5.74, 6) is 1.49. The maximum atomic E-state index is 13.3. The number of aromatic nitrogens is 3. The lowest BCUT2D eigenvalue weighted by atomic mass is 10.0. The maximum absolute atomic E-state index is 13.3. The number of anilines is 1. The molecule has 0 aliphatic carbocycles. The van der Waals surface area contributed by atoms with Crippen LogP contribution in [-0.4, -0.2) is 32.6 Å². The molecule has 0 bridgehead atoms. The lowest BCUT2D eigenvalue weighted by molar-refractivity contribution is -0.116. The van der Waals surface area contributed by atoms with E-state index in [0.717, 1.165) is 30.0 Å². The van der Waals surface area contributed by atoms with Crippen LogP contribution in [0.3, 0.4) is 0 Å².